The van der Waals surface area contributed by atoms with Gasteiger partial charge < -0.3 is 0 Å². The Labute approximate surface area is 92.3 Å². The third-order valence-electron chi connectivity index (χ3n) is 1.89. The van der Waals surface area contributed by atoms with Crippen LogP contribution in [-0.2, 0) is 7.05 Å². The molecule has 2 aromatic heterocycles. The standard InChI is InChI=1S/C8H8BrN3.C2H6/c1-5-6-4-10-8(9)3-7(6)12(2)11-5;1-2/h3-4H,1-2H3;1-2H3. The average molecular weight is 256 g/mol. The summed E-state index contributed by atoms with van der Waals surface area (Å²) in [4.78, 5) is 4.14. The van der Waals surface area contributed by atoms with Gasteiger partial charge in [-0.1, -0.05) is 13.8 Å². The minimum absolute atomic E-state index is 0.845. The number of rotatable bonds is 0. The Balaban J connectivity index is 0.000000461. The highest BCUT2D eigenvalue weighted by molar-refractivity contribution is 9.10. The van der Waals surface area contributed by atoms with Gasteiger partial charge in [0.15, 0.2) is 0 Å². The summed E-state index contributed by atoms with van der Waals surface area (Å²) in [7, 11) is 1.93. The lowest BCUT2D eigenvalue weighted by Crippen LogP contribution is -1.89. The maximum atomic E-state index is 4.29. The first-order valence-electron chi connectivity index (χ1n) is 4.63. The molecule has 3 nitrogen and oxygen atoms in total. The van der Waals surface area contributed by atoms with Gasteiger partial charge in [-0.25, -0.2) is 4.98 Å². The Kier molecular flexibility index (Phi) is 3.63. The largest absolute Gasteiger partial charge is 0.268 e. The molecule has 2 heterocycles. The van der Waals surface area contributed by atoms with Crippen molar-refractivity contribution in [1.29, 1.82) is 0 Å². The van der Waals surface area contributed by atoms with Crippen molar-refractivity contribution < 1.29 is 0 Å². The third kappa shape index (κ3) is 1.95. The third-order valence-corrected chi connectivity index (χ3v) is 2.32. The molecule has 0 aliphatic carbocycles. The van der Waals surface area contributed by atoms with E-state index < -0.39 is 0 Å². The minimum Gasteiger partial charge on any atom is -0.268 e. The smallest absolute Gasteiger partial charge is 0.108 e. The van der Waals surface area contributed by atoms with Crippen LogP contribution in [0.1, 0.15) is 19.5 Å². The Bertz CT molecular complexity index is 434. The molecule has 0 bridgehead atoms. The second-order valence-corrected chi connectivity index (χ2v) is 3.55. The van der Waals surface area contributed by atoms with Crippen molar-refractivity contribution in [2.45, 2.75) is 20.8 Å². The van der Waals surface area contributed by atoms with Crippen molar-refractivity contribution in [1.82, 2.24) is 14.8 Å². The second-order valence-electron chi connectivity index (χ2n) is 2.73. The van der Waals surface area contributed by atoms with Gasteiger partial charge in [-0.3, -0.25) is 4.68 Å². The van der Waals surface area contributed by atoms with Crippen LogP contribution in [0.25, 0.3) is 10.9 Å². The lowest BCUT2D eigenvalue weighted by Gasteiger charge is -1.93. The number of nitrogens with zero attached hydrogens (tertiary/aromatic N) is 3. The molecular weight excluding hydrogens is 242 g/mol. The van der Waals surface area contributed by atoms with Crippen LogP contribution in [0.5, 0.6) is 0 Å². The Morgan fingerprint density at radius 3 is 2.64 bits per heavy atom. The molecule has 0 spiro atoms. The predicted octanol–water partition coefficient (Wildman–Crippen LogP) is 3.07. The van der Waals surface area contributed by atoms with Gasteiger partial charge in [-0.05, 0) is 28.9 Å². The number of pyridine rings is 1. The molecule has 14 heavy (non-hydrogen) atoms. The first-order chi connectivity index (χ1) is 6.68. The molecule has 2 aromatic rings. The summed E-state index contributed by atoms with van der Waals surface area (Å²) in [6.45, 7) is 5.98. The van der Waals surface area contributed by atoms with E-state index in [0.29, 0.717) is 0 Å². The zero-order valence-electron chi connectivity index (χ0n) is 8.87. The molecule has 0 saturated carbocycles. The van der Waals surface area contributed by atoms with Crippen LogP contribution in [0.4, 0.5) is 0 Å². The van der Waals surface area contributed by atoms with E-state index >= 15 is 0 Å². The normalized spacial score (nSPS) is 9.79. The van der Waals surface area contributed by atoms with E-state index in [-0.39, 0.29) is 0 Å². The van der Waals surface area contributed by atoms with Gasteiger partial charge in [0.05, 0.1) is 11.2 Å². The maximum absolute atomic E-state index is 4.29. The molecule has 0 atom stereocenters. The molecule has 0 N–H and O–H groups in total. The summed E-state index contributed by atoms with van der Waals surface area (Å²) in [6, 6.07) is 1.97. The van der Waals surface area contributed by atoms with E-state index in [0.717, 1.165) is 21.2 Å². The van der Waals surface area contributed by atoms with Gasteiger partial charge in [-0.2, -0.15) is 5.10 Å². The van der Waals surface area contributed by atoms with Gasteiger partial charge in [0.1, 0.15) is 4.60 Å². The molecule has 4 heteroatoms. The lowest BCUT2D eigenvalue weighted by atomic mass is 10.3. The molecule has 0 aromatic carbocycles. The van der Waals surface area contributed by atoms with Crippen LogP contribution in [0.15, 0.2) is 16.9 Å². The van der Waals surface area contributed by atoms with Gasteiger partial charge in [0.2, 0.25) is 0 Å². The highest BCUT2D eigenvalue weighted by Gasteiger charge is 2.04. The van der Waals surface area contributed by atoms with Crippen LogP contribution in [0.2, 0.25) is 0 Å². The Morgan fingerprint density at radius 2 is 2.00 bits per heavy atom. The molecule has 0 aliphatic rings. The minimum atomic E-state index is 0.845. The molecule has 0 saturated heterocycles. The van der Waals surface area contributed by atoms with Gasteiger partial charge in [0.25, 0.3) is 0 Å². The fourth-order valence-corrected chi connectivity index (χ4v) is 1.62. The molecule has 0 fully saturated rings. The highest BCUT2D eigenvalue weighted by atomic mass is 79.9. The number of hydrogen-bond donors (Lipinski definition) is 0. The van der Waals surface area contributed by atoms with E-state index in [1.807, 2.05) is 44.8 Å². The Hall–Kier alpha value is -0.900. The molecule has 0 aliphatic heterocycles. The number of aromatic nitrogens is 3. The average Bonchev–Trinajstić information content (AvgIpc) is 2.46. The van der Waals surface area contributed by atoms with Crippen molar-refractivity contribution in [3.05, 3.63) is 22.6 Å². The van der Waals surface area contributed by atoms with Crippen LogP contribution < -0.4 is 0 Å². The van der Waals surface area contributed by atoms with Crippen LogP contribution >= 0.6 is 15.9 Å². The van der Waals surface area contributed by atoms with E-state index in [1.54, 1.807) is 0 Å². The fourth-order valence-electron chi connectivity index (χ4n) is 1.30. The van der Waals surface area contributed by atoms with E-state index in [9.17, 15) is 0 Å². The second kappa shape index (κ2) is 4.55. The van der Waals surface area contributed by atoms with Crippen molar-refractivity contribution in [3.8, 4) is 0 Å². The predicted molar refractivity (Wildman–Crippen MR) is 62.3 cm³/mol. The molecule has 0 radical (unpaired) electrons. The zero-order valence-corrected chi connectivity index (χ0v) is 10.5. The zero-order chi connectivity index (χ0) is 10.7. The van der Waals surface area contributed by atoms with Crippen molar-refractivity contribution in [2.24, 2.45) is 7.05 Å². The van der Waals surface area contributed by atoms with Crippen molar-refractivity contribution >= 4 is 26.8 Å². The van der Waals surface area contributed by atoms with Crippen LogP contribution in [0.3, 0.4) is 0 Å². The van der Waals surface area contributed by atoms with Crippen LogP contribution in [0, 0.1) is 6.92 Å². The molecule has 76 valence electrons. The van der Waals surface area contributed by atoms with Crippen molar-refractivity contribution in [2.75, 3.05) is 0 Å². The summed E-state index contributed by atoms with van der Waals surface area (Å²) >= 11 is 3.32. The van der Waals surface area contributed by atoms with Gasteiger partial charge in [0, 0.05) is 18.6 Å². The maximum Gasteiger partial charge on any atom is 0.108 e. The monoisotopic (exact) mass is 255 g/mol. The van der Waals surface area contributed by atoms with E-state index in [4.69, 9.17) is 0 Å². The summed E-state index contributed by atoms with van der Waals surface area (Å²) in [6.07, 6.45) is 1.84. The molecular formula is C10H14BrN3. The number of halogens is 1. The molecule has 0 unspecified atom stereocenters. The van der Waals surface area contributed by atoms with Gasteiger partial charge in [-0.15, -0.1) is 0 Å². The van der Waals surface area contributed by atoms with Crippen LogP contribution in [-0.4, -0.2) is 14.8 Å². The van der Waals surface area contributed by atoms with Crippen molar-refractivity contribution in [3.63, 3.8) is 0 Å². The topological polar surface area (TPSA) is 30.7 Å². The number of fused-ring (bicyclic) bond motifs is 1. The number of aryl methyl sites for hydroxylation is 2. The quantitative estimate of drug-likeness (QED) is 0.678. The highest BCUT2D eigenvalue weighted by Crippen LogP contribution is 2.18. The first-order valence-corrected chi connectivity index (χ1v) is 5.42. The molecule has 0 amide bonds. The van der Waals surface area contributed by atoms with E-state index in [2.05, 4.69) is 26.0 Å². The van der Waals surface area contributed by atoms with Gasteiger partial charge >= 0.3 is 0 Å². The Morgan fingerprint density at radius 1 is 1.36 bits per heavy atom. The first kappa shape index (κ1) is 11.2. The summed E-state index contributed by atoms with van der Waals surface area (Å²) in [5.74, 6) is 0. The fraction of sp³-hybridized carbons (Fsp3) is 0.400. The summed E-state index contributed by atoms with van der Waals surface area (Å²) in [5, 5.41) is 5.40. The SMILES string of the molecule is CC.Cc1nn(C)c2cc(Br)ncc12. The molecule has 2 rings (SSSR count). The lowest BCUT2D eigenvalue weighted by molar-refractivity contribution is 0.783. The van der Waals surface area contributed by atoms with E-state index in [1.165, 1.54) is 0 Å². The summed E-state index contributed by atoms with van der Waals surface area (Å²) in [5.41, 5.74) is 2.13. The summed E-state index contributed by atoms with van der Waals surface area (Å²) < 4.78 is 2.70. The number of hydrogen-bond acceptors (Lipinski definition) is 2.